The number of nitrogens with one attached hydrogen (secondary N) is 1. The van der Waals surface area contributed by atoms with Crippen LogP contribution in [0.25, 0.3) is 0 Å². The van der Waals surface area contributed by atoms with Gasteiger partial charge in [-0.1, -0.05) is 80.2 Å². The van der Waals surface area contributed by atoms with E-state index < -0.39 is 6.23 Å². The molecular weight excluding hydrogens is 352 g/mol. The van der Waals surface area contributed by atoms with E-state index in [9.17, 15) is 0 Å². The summed E-state index contributed by atoms with van der Waals surface area (Å²) in [5, 5.41) is 8.60. The molecule has 0 saturated carbocycles. The second-order valence-corrected chi connectivity index (χ2v) is 8.26. The van der Waals surface area contributed by atoms with Crippen LogP contribution < -0.4 is 5.73 Å². The van der Waals surface area contributed by atoms with Gasteiger partial charge in [0.15, 0.2) is 6.23 Å². The number of hydrogen-bond acceptors (Lipinski definition) is 4. The summed E-state index contributed by atoms with van der Waals surface area (Å²) in [6.07, 6.45) is -0.666. The van der Waals surface area contributed by atoms with E-state index in [1.54, 1.807) is 11.8 Å². The van der Waals surface area contributed by atoms with Crippen molar-refractivity contribution < 1.29 is 4.74 Å². The third kappa shape index (κ3) is 3.15. The van der Waals surface area contributed by atoms with Crippen LogP contribution in [0.15, 0.2) is 82.6 Å². The molecular formula is C23H22N2OS. The molecule has 1 aliphatic rings. The number of ether oxygens (including phenoxy) is 1. The Kier molecular flexibility index (Phi) is 4.54. The lowest BCUT2D eigenvalue weighted by Gasteiger charge is -2.36. The first-order valence-corrected chi connectivity index (χ1v) is 9.77. The molecule has 1 heterocycles. The first-order valence-electron chi connectivity index (χ1n) is 8.95. The Morgan fingerprint density at radius 1 is 0.926 bits per heavy atom. The molecule has 3 aromatic carbocycles. The monoisotopic (exact) mass is 374 g/mol. The Labute approximate surface area is 164 Å². The van der Waals surface area contributed by atoms with Crippen LogP contribution in [0.4, 0.5) is 0 Å². The molecule has 0 aromatic heterocycles. The maximum absolute atomic E-state index is 8.60. The van der Waals surface area contributed by atoms with Gasteiger partial charge in [-0.2, -0.15) is 0 Å². The second kappa shape index (κ2) is 6.87. The molecule has 1 aliphatic heterocycles. The molecule has 3 nitrogen and oxygen atoms in total. The molecule has 0 bridgehead atoms. The number of hydrogen-bond donors (Lipinski definition) is 2. The topological polar surface area (TPSA) is 59.1 Å². The van der Waals surface area contributed by atoms with E-state index in [1.165, 1.54) is 10.5 Å². The average molecular weight is 375 g/mol. The lowest BCUT2D eigenvalue weighted by Crippen LogP contribution is -2.28. The normalized spacial score (nSPS) is 15.4. The Morgan fingerprint density at radius 2 is 1.59 bits per heavy atom. The minimum atomic E-state index is -0.666. The van der Waals surface area contributed by atoms with Crippen molar-refractivity contribution in [3.63, 3.8) is 0 Å². The lowest BCUT2D eigenvalue weighted by molar-refractivity contribution is 0.198. The molecule has 0 radical (unpaired) electrons. The van der Waals surface area contributed by atoms with E-state index in [0.29, 0.717) is 0 Å². The zero-order valence-corrected chi connectivity index (χ0v) is 16.2. The van der Waals surface area contributed by atoms with Crippen molar-refractivity contribution in [2.75, 3.05) is 0 Å². The Balaban J connectivity index is 1.71. The van der Waals surface area contributed by atoms with Crippen molar-refractivity contribution in [1.29, 1.82) is 5.41 Å². The second-order valence-electron chi connectivity index (χ2n) is 7.18. The number of benzene rings is 3. The number of rotatable bonds is 3. The third-order valence-electron chi connectivity index (χ3n) is 5.05. The predicted molar refractivity (Wildman–Crippen MR) is 110 cm³/mol. The molecule has 0 amide bonds. The summed E-state index contributed by atoms with van der Waals surface area (Å²) in [4.78, 5) is 2.43. The van der Waals surface area contributed by atoms with Gasteiger partial charge in [0, 0.05) is 26.3 Å². The van der Waals surface area contributed by atoms with Crippen LogP contribution in [0, 0.1) is 5.41 Å². The van der Waals surface area contributed by atoms with E-state index in [1.807, 2.05) is 42.5 Å². The molecule has 136 valence electrons. The van der Waals surface area contributed by atoms with Crippen molar-refractivity contribution in [1.82, 2.24) is 0 Å². The van der Waals surface area contributed by atoms with Crippen LogP contribution in [0.1, 0.15) is 42.3 Å². The molecule has 3 N–H and O–H groups in total. The highest BCUT2D eigenvalue weighted by molar-refractivity contribution is 7.99. The molecule has 27 heavy (non-hydrogen) atoms. The van der Waals surface area contributed by atoms with Gasteiger partial charge in [-0.25, -0.2) is 0 Å². The van der Waals surface area contributed by atoms with Gasteiger partial charge >= 0.3 is 0 Å². The molecule has 0 fully saturated rings. The van der Waals surface area contributed by atoms with Crippen LogP contribution in [0.3, 0.4) is 0 Å². The maximum Gasteiger partial charge on any atom is 0.215 e. The van der Waals surface area contributed by atoms with Gasteiger partial charge in [-0.05, 0) is 29.3 Å². The van der Waals surface area contributed by atoms with Crippen molar-refractivity contribution >= 4 is 17.7 Å². The fourth-order valence-electron chi connectivity index (χ4n) is 3.68. The highest BCUT2D eigenvalue weighted by Crippen LogP contribution is 2.50. The van der Waals surface area contributed by atoms with E-state index in [4.69, 9.17) is 15.9 Å². The van der Waals surface area contributed by atoms with Gasteiger partial charge in [0.25, 0.3) is 0 Å². The molecule has 0 spiro atoms. The standard InChI is InChI=1S/C23H22N2OS/c1-23(2)17-12-6-7-13-18(17)27-19-14-8-11-16(20(19)23)22(25)26-21(24)15-9-4-3-5-10-15/h3-14,21,25H,24H2,1-2H3. The lowest BCUT2D eigenvalue weighted by atomic mass is 9.75. The van der Waals surface area contributed by atoms with Crippen LogP contribution in [-0.2, 0) is 10.2 Å². The molecule has 0 aliphatic carbocycles. The van der Waals surface area contributed by atoms with Crippen molar-refractivity contribution in [2.24, 2.45) is 5.73 Å². The smallest absolute Gasteiger partial charge is 0.215 e. The highest BCUT2D eigenvalue weighted by Gasteiger charge is 2.36. The SMILES string of the molecule is CC1(C)c2ccccc2Sc2cccc(C(=N)OC(N)c3ccccc3)c21. The zero-order chi connectivity index (χ0) is 19.0. The largest absolute Gasteiger partial charge is 0.454 e. The van der Waals surface area contributed by atoms with E-state index >= 15 is 0 Å². The van der Waals surface area contributed by atoms with Crippen LogP contribution >= 0.6 is 11.8 Å². The molecule has 0 saturated heterocycles. The Morgan fingerprint density at radius 3 is 2.37 bits per heavy atom. The summed E-state index contributed by atoms with van der Waals surface area (Å²) in [6.45, 7) is 4.41. The summed E-state index contributed by atoms with van der Waals surface area (Å²) in [7, 11) is 0. The Hall–Kier alpha value is -2.56. The van der Waals surface area contributed by atoms with Crippen molar-refractivity contribution in [2.45, 2.75) is 35.3 Å². The van der Waals surface area contributed by atoms with E-state index in [-0.39, 0.29) is 11.3 Å². The van der Waals surface area contributed by atoms with Crippen LogP contribution in [0.2, 0.25) is 0 Å². The fraction of sp³-hybridized carbons (Fsp3) is 0.174. The predicted octanol–water partition coefficient (Wildman–Crippen LogP) is 5.48. The third-order valence-corrected chi connectivity index (χ3v) is 6.19. The van der Waals surface area contributed by atoms with Gasteiger partial charge in [0.05, 0.1) is 0 Å². The van der Waals surface area contributed by atoms with E-state index in [2.05, 4.69) is 44.2 Å². The van der Waals surface area contributed by atoms with E-state index in [0.717, 1.165) is 21.6 Å². The first-order chi connectivity index (χ1) is 13.0. The summed E-state index contributed by atoms with van der Waals surface area (Å²) >= 11 is 1.75. The fourth-order valence-corrected chi connectivity index (χ4v) is 5.11. The summed E-state index contributed by atoms with van der Waals surface area (Å²) in [6, 6.07) is 24.1. The quantitative estimate of drug-likeness (QED) is 0.363. The molecule has 1 unspecified atom stereocenters. The average Bonchev–Trinajstić information content (AvgIpc) is 2.68. The van der Waals surface area contributed by atoms with Gasteiger partial charge in [-0.15, -0.1) is 0 Å². The van der Waals surface area contributed by atoms with Gasteiger partial charge in [0.2, 0.25) is 5.90 Å². The van der Waals surface area contributed by atoms with Gasteiger partial charge < -0.3 is 4.74 Å². The first kappa shape index (κ1) is 17.8. The minimum Gasteiger partial charge on any atom is -0.454 e. The number of fused-ring (bicyclic) bond motifs is 2. The summed E-state index contributed by atoms with van der Waals surface area (Å²) in [5.41, 5.74) is 10.0. The number of nitrogens with two attached hydrogens (primary N) is 1. The van der Waals surface area contributed by atoms with Crippen molar-refractivity contribution in [3.05, 3.63) is 95.1 Å². The minimum absolute atomic E-state index is 0.108. The van der Waals surface area contributed by atoms with Crippen LogP contribution in [-0.4, -0.2) is 5.90 Å². The summed E-state index contributed by atoms with van der Waals surface area (Å²) < 4.78 is 5.82. The zero-order valence-electron chi connectivity index (χ0n) is 15.4. The summed E-state index contributed by atoms with van der Waals surface area (Å²) in [5.74, 6) is 0.108. The highest BCUT2D eigenvalue weighted by atomic mass is 32.2. The maximum atomic E-state index is 8.60. The molecule has 1 atom stereocenters. The van der Waals surface area contributed by atoms with Gasteiger partial charge in [0.1, 0.15) is 0 Å². The molecule has 3 aromatic rings. The molecule has 4 rings (SSSR count). The van der Waals surface area contributed by atoms with Crippen LogP contribution in [0.5, 0.6) is 0 Å². The van der Waals surface area contributed by atoms with Gasteiger partial charge in [-0.3, -0.25) is 11.1 Å². The Bertz CT molecular complexity index is 998. The molecule has 4 heteroatoms. The van der Waals surface area contributed by atoms with Crippen molar-refractivity contribution in [3.8, 4) is 0 Å².